The zero-order valence-electron chi connectivity index (χ0n) is 13.6. The molecule has 0 saturated carbocycles. The van der Waals surface area contributed by atoms with E-state index in [9.17, 15) is 9.59 Å². The maximum Gasteiger partial charge on any atom is 0.258 e. The number of aromatic nitrogens is 1. The molecule has 0 unspecified atom stereocenters. The number of amides is 2. The minimum Gasteiger partial charge on any atom is -0.324 e. The molecule has 1 aromatic heterocycles. The second kappa shape index (κ2) is 6.28. The first-order valence-corrected chi connectivity index (χ1v) is 8.16. The summed E-state index contributed by atoms with van der Waals surface area (Å²) in [5.41, 5.74) is 2.91. The molecule has 0 spiro atoms. The lowest BCUT2D eigenvalue weighted by Crippen LogP contribution is -2.31. The van der Waals surface area contributed by atoms with Gasteiger partial charge in [0.15, 0.2) is 0 Å². The Balaban J connectivity index is 1.72. The van der Waals surface area contributed by atoms with Crippen LogP contribution in [-0.4, -0.2) is 22.9 Å². The van der Waals surface area contributed by atoms with Crippen molar-refractivity contribution in [2.45, 2.75) is 6.42 Å². The lowest BCUT2D eigenvalue weighted by molar-refractivity contribution is -0.115. The molecule has 3 aromatic rings. The Kier molecular flexibility index (Phi) is 3.82. The predicted octanol–water partition coefficient (Wildman–Crippen LogP) is 3.47. The Morgan fingerprint density at radius 1 is 0.960 bits per heavy atom. The fraction of sp³-hybridized carbons (Fsp3) is 0.100. The van der Waals surface area contributed by atoms with Gasteiger partial charge in [0.05, 0.1) is 11.4 Å². The van der Waals surface area contributed by atoms with Crippen LogP contribution in [0.3, 0.4) is 0 Å². The summed E-state index contributed by atoms with van der Waals surface area (Å²) < 4.78 is 1.96. The van der Waals surface area contributed by atoms with E-state index in [1.807, 2.05) is 71.6 Å². The molecule has 1 aliphatic rings. The van der Waals surface area contributed by atoms with Crippen LogP contribution in [0.15, 0.2) is 73.1 Å². The quantitative estimate of drug-likeness (QED) is 0.782. The summed E-state index contributed by atoms with van der Waals surface area (Å²) in [7, 11) is 0. The molecule has 0 aliphatic carbocycles. The number of carbonyl (C=O) groups excluding carboxylic acids is 2. The van der Waals surface area contributed by atoms with Gasteiger partial charge in [-0.2, -0.15) is 0 Å². The minimum absolute atomic E-state index is 0.0798. The number of nitrogens with zero attached hydrogens (tertiary/aromatic N) is 2. The van der Waals surface area contributed by atoms with Crippen molar-refractivity contribution in [2.75, 3.05) is 16.8 Å². The van der Waals surface area contributed by atoms with Crippen molar-refractivity contribution >= 4 is 23.2 Å². The minimum atomic E-state index is -0.113. The highest BCUT2D eigenvalue weighted by molar-refractivity contribution is 6.10. The molecule has 124 valence electrons. The van der Waals surface area contributed by atoms with Crippen LogP contribution >= 0.6 is 0 Å². The molecule has 4 rings (SSSR count). The lowest BCUT2D eigenvalue weighted by Gasteiger charge is -2.22. The first-order valence-electron chi connectivity index (χ1n) is 8.16. The topological polar surface area (TPSA) is 54.3 Å². The Hall–Kier alpha value is -3.34. The van der Waals surface area contributed by atoms with Crippen LogP contribution in [0.4, 0.5) is 11.4 Å². The third-order valence-corrected chi connectivity index (χ3v) is 4.27. The molecule has 2 aromatic carbocycles. The van der Waals surface area contributed by atoms with Gasteiger partial charge in [-0.25, -0.2) is 0 Å². The molecular formula is C20H17N3O2. The maximum absolute atomic E-state index is 13.1. The monoisotopic (exact) mass is 331 g/mol. The number of hydrogen-bond donors (Lipinski definition) is 1. The van der Waals surface area contributed by atoms with Gasteiger partial charge in [0.2, 0.25) is 5.91 Å². The Morgan fingerprint density at radius 2 is 1.76 bits per heavy atom. The van der Waals surface area contributed by atoms with Gasteiger partial charge in [-0.3, -0.25) is 9.59 Å². The molecular weight excluding hydrogens is 314 g/mol. The molecule has 0 saturated heterocycles. The fourth-order valence-electron chi connectivity index (χ4n) is 3.03. The van der Waals surface area contributed by atoms with E-state index < -0.39 is 0 Å². The van der Waals surface area contributed by atoms with E-state index in [-0.39, 0.29) is 18.2 Å². The van der Waals surface area contributed by atoms with Crippen LogP contribution in [0.25, 0.3) is 5.69 Å². The first kappa shape index (κ1) is 15.2. The van der Waals surface area contributed by atoms with Crippen molar-refractivity contribution in [2.24, 2.45) is 0 Å². The summed E-state index contributed by atoms with van der Waals surface area (Å²) in [6.07, 6.45) is 4.15. The molecule has 1 aliphatic heterocycles. The Morgan fingerprint density at radius 3 is 2.60 bits per heavy atom. The molecule has 0 atom stereocenters. The van der Waals surface area contributed by atoms with Gasteiger partial charge in [-0.15, -0.1) is 0 Å². The van der Waals surface area contributed by atoms with Crippen LogP contribution in [0.2, 0.25) is 0 Å². The molecule has 25 heavy (non-hydrogen) atoms. The van der Waals surface area contributed by atoms with E-state index in [4.69, 9.17) is 0 Å². The van der Waals surface area contributed by atoms with Crippen molar-refractivity contribution in [1.29, 1.82) is 0 Å². The van der Waals surface area contributed by atoms with Gasteiger partial charge in [0, 0.05) is 36.6 Å². The summed E-state index contributed by atoms with van der Waals surface area (Å²) in [6, 6.07) is 18.8. The van der Waals surface area contributed by atoms with E-state index in [0.29, 0.717) is 17.8 Å². The van der Waals surface area contributed by atoms with Crippen molar-refractivity contribution < 1.29 is 9.59 Å². The standard InChI is InChI=1S/C20H17N3O2/c24-19-10-13-23(18-9-2-1-8-17(18)21-19)20(25)15-6-5-7-16(14-15)22-11-3-4-12-22/h1-9,11-12,14H,10,13H2,(H,21,24). The molecule has 5 heteroatoms. The molecule has 0 bridgehead atoms. The zero-order valence-corrected chi connectivity index (χ0v) is 13.6. The highest BCUT2D eigenvalue weighted by Crippen LogP contribution is 2.29. The average molecular weight is 331 g/mol. The van der Waals surface area contributed by atoms with E-state index >= 15 is 0 Å². The second-order valence-electron chi connectivity index (χ2n) is 5.91. The highest BCUT2D eigenvalue weighted by Gasteiger charge is 2.24. The molecule has 5 nitrogen and oxygen atoms in total. The van der Waals surface area contributed by atoms with Crippen molar-refractivity contribution in [3.63, 3.8) is 0 Å². The van der Waals surface area contributed by atoms with E-state index in [2.05, 4.69) is 5.32 Å². The van der Waals surface area contributed by atoms with E-state index in [0.717, 1.165) is 11.4 Å². The van der Waals surface area contributed by atoms with Crippen LogP contribution in [0.5, 0.6) is 0 Å². The number of hydrogen-bond acceptors (Lipinski definition) is 2. The third-order valence-electron chi connectivity index (χ3n) is 4.27. The molecule has 0 fully saturated rings. The Bertz CT molecular complexity index is 932. The maximum atomic E-state index is 13.1. The third kappa shape index (κ3) is 2.92. The second-order valence-corrected chi connectivity index (χ2v) is 5.91. The number of carbonyl (C=O) groups is 2. The smallest absolute Gasteiger partial charge is 0.258 e. The summed E-state index contributed by atoms with van der Waals surface area (Å²) >= 11 is 0. The number of rotatable bonds is 2. The average Bonchev–Trinajstić information content (AvgIpc) is 3.12. The number of anilines is 2. The lowest BCUT2D eigenvalue weighted by atomic mass is 10.1. The van der Waals surface area contributed by atoms with Gasteiger partial charge in [0.1, 0.15) is 0 Å². The predicted molar refractivity (Wildman–Crippen MR) is 97.1 cm³/mol. The summed E-state index contributed by atoms with van der Waals surface area (Å²) in [6.45, 7) is 0.357. The molecule has 2 heterocycles. The normalized spacial score (nSPS) is 13.8. The van der Waals surface area contributed by atoms with Crippen molar-refractivity contribution in [3.8, 4) is 5.69 Å². The highest BCUT2D eigenvalue weighted by atomic mass is 16.2. The van der Waals surface area contributed by atoms with Crippen LogP contribution in [0, 0.1) is 0 Å². The zero-order chi connectivity index (χ0) is 17.2. The van der Waals surface area contributed by atoms with Gasteiger partial charge in [-0.05, 0) is 42.5 Å². The number of nitrogens with one attached hydrogen (secondary N) is 1. The largest absolute Gasteiger partial charge is 0.324 e. The molecule has 0 radical (unpaired) electrons. The summed E-state index contributed by atoms with van der Waals surface area (Å²) in [5.74, 6) is -0.193. The van der Waals surface area contributed by atoms with Gasteiger partial charge in [0.25, 0.3) is 5.91 Å². The first-order chi connectivity index (χ1) is 12.2. The summed E-state index contributed by atoms with van der Waals surface area (Å²) in [4.78, 5) is 26.7. The van der Waals surface area contributed by atoms with E-state index in [1.54, 1.807) is 11.0 Å². The Labute approximate surface area is 145 Å². The van der Waals surface area contributed by atoms with E-state index in [1.165, 1.54) is 0 Å². The number of benzene rings is 2. The summed E-state index contributed by atoms with van der Waals surface area (Å²) in [5, 5.41) is 2.86. The van der Waals surface area contributed by atoms with Crippen LogP contribution in [-0.2, 0) is 4.79 Å². The number of para-hydroxylation sites is 2. The van der Waals surface area contributed by atoms with Crippen molar-refractivity contribution in [3.05, 3.63) is 78.6 Å². The molecule has 1 N–H and O–H groups in total. The van der Waals surface area contributed by atoms with Gasteiger partial charge >= 0.3 is 0 Å². The van der Waals surface area contributed by atoms with Crippen LogP contribution < -0.4 is 10.2 Å². The fourth-order valence-corrected chi connectivity index (χ4v) is 3.03. The van der Waals surface area contributed by atoms with Crippen LogP contribution in [0.1, 0.15) is 16.8 Å². The van der Waals surface area contributed by atoms with Gasteiger partial charge < -0.3 is 14.8 Å². The van der Waals surface area contributed by atoms with Gasteiger partial charge in [-0.1, -0.05) is 18.2 Å². The molecule has 2 amide bonds. The number of fused-ring (bicyclic) bond motifs is 1. The SMILES string of the molecule is O=C1CCN(C(=O)c2cccc(-n3cccc3)c2)c2ccccc2N1. The van der Waals surface area contributed by atoms with Crippen molar-refractivity contribution in [1.82, 2.24) is 4.57 Å².